The second kappa shape index (κ2) is 5.77. The summed E-state index contributed by atoms with van der Waals surface area (Å²) in [6, 6.07) is 6.67. The predicted octanol–water partition coefficient (Wildman–Crippen LogP) is 3.58. The van der Waals surface area contributed by atoms with Crippen LogP contribution in [0.1, 0.15) is 43.7 Å². The molecule has 0 bridgehead atoms. The average Bonchev–Trinajstić information content (AvgIpc) is 2.49. The Balaban J connectivity index is 1.88. The molecule has 1 spiro atoms. The Morgan fingerprint density at radius 2 is 2.20 bits per heavy atom. The van der Waals surface area contributed by atoms with Gasteiger partial charge in [0.25, 0.3) is 0 Å². The molecule has 0 aromatic heterocycles. The standard InChI is InChI=1S/C18H27NO/c1-3-4-16-13-19-10-9-18(16)8-7-14-5-6-17(20-2)11-15(14)12-18/h5-6,11,16,19H,3-4,7-10,12-13H2,1-2H3. The van der Waals surface area contributed by atoms with Crippen LogP contribution in [0.2, 0.25) is 0 Å². The SMILES string of the molecule is CCCC1CNCCC12CCc1ccc(OC)cc1C2. The van der Waals surface area contributed by atoms with Gasteiger partial charge in [0, 0.05) is 0 Å². The number of rotatable bonds is 3. The lowest BCUT2D eigenvalue weighted by molar-refractivity contribution is 0.0807. The van der Waals surface area contributed by atoms with Crippen molar-refractivity contribution in [2.75, 3.05) is 20.2 Å². The summed E-state index contributed by atoms with van der Waals surface area (Å²) in [6.07, 6.45) is 7.89. The second-order valence-corrected chi connectivity index (χ2v) is 6.61. The first-order valence-electron chi connectivity index (χ1n) is 8.14. The van der Waals surface area contributed by atoms with Crippen molar-refractivity contribution >= 4 is 0 Å². The highest BCUT2D eigenvalue weighted by Gasteiger charge is 2.42. The van der Waals surface area contributed by atoms with Gasteiger partial charge < -0.3 is 10.1 Å². The van der Waals surface area contributed by atoms with Gasteiger partial charge in [-0.05, 0) is 79.8 Å². The molecule has 110 valence electrons. The van der Waals surface area contributed by atoms with E-state index in [1.54, 1.807) is 18.2 Å². The van der Waals surface area contributed by atoms with Gasteiger partial charge in [-0.2, -0.15) is 0 Å². The van der Waals surface area contributed by atoms with E-state index in [1.165, 1.54) is 51.6 Å². The molecule has 3 rings (SSSR count). The van der Waals surface area contributed by atoms with Gasteiger partial charge in [0.1, 0.15) is 5.75 Å². The maximum absolute atomic E-state index is 5.42. The first-order valence-corrected chi connectivity index (χ1v) is 8.14. The number of nitrogens with one attached hydrogen (secondary N) is 1. The summed E-state index contributed by atoms with van der Waals surface area (Å²) in [5.41, 5.74) is 3.63. The number of ether oxygens (including phenoxy) is 1. The molecule has 1 aliphatic carbocycles. The Morgan fingerprint density at radius 1 is 1.30 bits per heavy atom. The molecule has 20 heavy (non-hydrogen) atoms. The van der Waals surface area contributed by atoms with Gasteiger partial charge in [0.15, 0.2) is 0 Å². The van der Waals surface area contributed by atoms with E-state index in [2.05, 4.69) is 30.4 Å². The van der Waals surface area contributed by atoms with E-state index < -0.39 is 0 Å². The van der Waals surface area contributed by atoms with Crippen molar-refractivity contribution < 1.29 is 4.74 Å². The minimum atomic E-state index is 0.542. The fraction of sp³-hybridized carbons (Fsp3) is 0.667. The van der Waals surface area contributed by atoms with Crippen LogP contribution in [0.5, 0.6) is 5.75 Å². The first kappa shape index (κ1) is 13.9. The highest BCUT2D eigenvalue weighted by atomic mass is 16.5. The molecular formula is C18H27NO. The highest BCUT2D eigenvalue weighted by Crippen LogP contribution is 2.47. The molecule has 1 aromatic carbocycles. The van der Waals surface area contributed by atoms with Crippen molar-refractivity contribution in [3.05, 3.63) is 29.3 Å². The van der Waals surface area contributed by atoms with Crippen LogP contribution in [0.25, 0.3) is 0 Å². The number of piperidine rings is 1. The number of methoxy groups -OCH3 is 1. The molecular weight excluding hydrogens is 246 g/mol. The number of fused-ring (bicyclic) bond motifs is 1. The molecule has 1 N–H and O–H groups in total. The second-order valence-electron chi connectivity index (χ2n) is 6.61. The van der Waals surface area contributed by atoms with Gasteiger partial charge in [0.2, 0.25) is 0 Å². The lowest BCUT2D eigenvalue weighted by Crippen LogP contribution is -2.48. The first-order chi connectivity index (χ1) is 9.77. The van der Waals surface area contributed by atoms with E-state index in [-0.39, 0.29) is 0 Å². The quantitative estimate of drug-likeness (QED) is 0.909. The van der Waals surface area contributed by atoms with E-state index in [0.29, 0.717) is 5.41 Å². The van der Waals surface area contributed by atoms with Crippen LogP contribution in [0.4, 0.5) is 0 Å². The zero-order valence-corrected chi connectivity index (χ0v) is 12.9. The van der Waals surface area contributed by atoms with Crippen molar-refractivity contribution in [1.82, 2.24) is 5.32 Å². The van der Waals surface area contributed by atoms with E-state index in [9.17, 15) is 0 Å². The molecule has 0 saturated carbocycles. The van der Waals surface area contributed by atoms with Gasteiger partial charge in [-0.1, -0.05) is 19.4 Å². The van der Waals surface area contributed by atoms with Crippen molar-refractivity contribution in [3.63, 3.8) is 0 Å². The van der Waals surface area contributed by atoms with Crippen molar-refractivity contribution in [2.24, 2.45) is 11.3 Å². The largest absolute Gasteiger partial charge is 0.497 e. The normalized spacial score (nSPS) is 29.2. The molecule has 1 aliphatic heterocycles. The molecule has 0 radical (unpaired) electrons. The van der Waals surface area contributed by atoms with E-state index in [0.717, 1.165) is 11.7 Å². The average molecular weight is 273 g/mol. The Labute approximate surface area is 122 Å². The molecule has 2 heteroatoms. The molecule has 1 saturated heterocycles. The molecule has 2 aliphatic rings. The summed E-state index contributed by atoms with van der Waals surface area (Å²) in [4.78, 5) is 0. The molecule has 1 fully saturated rings. The van der Waals surface area contributed by atoms with Gasteiger partial charge in [-0.15, -0.1) is 0 Å². The summed E-state index contributed by atoms with van der Waals surface area (Å²) in [5.74, 6) is 1.86. The van der Waals surface area contributed by atoms with Crippen molar-refractivity contribution in [2.45, 2.75) is 45.4 Å². The van der Waals surface area contributed by atoms with Gasteiger partial charge in [-0.3, -0.25) is 0 Å². The van der Waals surface area contributed by atoms with Crippen molar-refractivity contribution in [3.8, 4) is 5.75 Å². The summed E-state index contributed by atoms with van der Waals surface area (Å²) >= 11 is 0. The lowest BCUT2D eigenvalue weighted by Gasteiger charge is -2.48. The maximum atomic E-state index is 5.42. The molecule has 2 atom stereocenters. The smallest absolute Gasteiger partial charge is 0.119 e. The molecule has 0 amide bonds. The van der Waals surface area contributed by atoms with E-state index >= 15 is 0 Å². The Hall–Kier alpha value is -1.02. The third-order valence-corrected chi connectivity index (χ3v) is 5.54. The van der Waals surface area contributed by atoms with Crippen LogP contribution in [0, 0.1) is 11.3 Å². The Bertz CT molecular complexity index is 468. The summed E-state index contributed by atoms with van der Waals surface area (Å²) in [6.45, 7) is 4.73. The Kier molecular flexibility index (Phi) is 4.02. The van der Waals surface area contributed by atoms with Crippen LogP contribution >= 0.6 is 0 Å². The zero-order chi connectivity index (χ0) is 14.0. The summed E-state index contributed by atoms with van der Waals surface area (Å²) in [5, 5.41) is 3.61. The van der Waals surface area contributed by atoms with Crippen LogP contribution in [0.15, 0.2) is 18.2 Å². The number of hydrogen-bond acceptors (Lipinski definition) is 2. The lowest BCUT2D eigenvalue weighted by atomic mass is 9.60. The van der Waals surface area contributed by atoms with Crippen LogP contribution in [-0.4, -0.2) is 20.2 Å². The van der Waals surface area contributed by atoms with Crippen LogP contribution in [0.3, 0.4) is 0 Å². The number of hydrogen-bond donors (Lipinski definition) is 1. The minimum absolute atomic E-state index is 0.542. The molecule has 2 unspecified atom stereocenters. The fourth-order valence-electron chi connectivity index (χ4n) is 4.34. The summed E-state index contributed by atoms with van der Waals surface area (Å²) in [7, 11) is 1.77. The topological polar surface area (TPSA) is 21.3 Å². The van der Waals surface area contributed by atoms with E-state index in [1.807, 2.05) is 0 Å². The highest BCUT2D eigenvalue weighted by molar-refractivity contribution is 5.38. The maximum Gasteiger partial charge on any atom is 0.119 e. The van der Waals surface area contributed by atoms with Crippen LogP contribution in [-0.2, 0) is 12.8 Å². The molecule has 1 heterocycles. The molecule has 2 nitrogen and oxygen atoms in total. The zero-order valence-electron chi connectivity index (χ0n) is 12.9. The minimum Gasteiger partial charge on any atom is -0.497 e. The molecule has 1 aromatic rings. The summed E-state index contributed by atoms with van der Waals surface area (Å²) < 4.78 is 5.42. The van der Waals surface area contributed by atoms with Gasteiger partial charge in [-0.25, -0.2) is 0 Å². The number of benzene rings is 1. The fourth-order valence-corrected chi connectivity index (χ4v) is 4.34. The monoisotopic (exact) mass is 273 g/mol. The van der Waals surface area contributed by atoms with Gasteiger partial charge >= 0.3 is 0 Å². The van der Waals surface area contributed by atoms with Gasteiger partial charge in [0.05, 0.1) is 7.11 Å². The third-order valence-electron chi connectivity index (χ3n) is 5.54. The third kappa shape index (κ3) is 2.46. The predicted molar refractivity (Wildman–Crippen MR) is 83.3 cm³/mol. The Morgan fingerprint density at radius 3 is 3.00 bits per heavy atom. The van der Waals surface area contributed by atoms with Crippen LogP contribution < -0.4 is 10.1 Å². The van der Waals surface area contributed by atoms with Crippen molar-refractivity contribution in [1.29, 1.82) is 0 Å². The number of aryl methyl sites for hydroxylation is 1. The van der Waals surface area contributed by atoms with E-state index in [4.69, 9.17) is 4.74 Å².